The van der Waals surface area contributed by atoms with Gasteiger partial charge in [-0.25, -0.2) is 9.36 Å². The maximum Gasteiger partial charge on any atom is 0.419 e. The molecule has 0 amide bonds. The van der Waals surface area contributed by atoms with Gasteiger partial charge in [-0.2, -0.15) is 0 Å². The van der Waals surface area contributed by atoms with E-state index in [4.69, 9.17) is 18.9 Å². The lowest BCUT2D eigenvalue weighted by Gasteiger charge is -2.29. The zero-order chi connectivity index (χ0) is 28.1. The van der Waals surface area contributed by atoms with Gasteiger partial charge in [0.15, 0.2) is 5.41 Å². The summed E-state index contributed by atoms with van der Waals surface area (Å²) in [5.74, 6) is -1.64. The summed E-state index contributed by atoms with van der Waals surface area (Å²) in [6.45, 7) is 3.80. The van der Waals surface area contributed by atoms with Crippen LogP contribution in [0.1, 0.15) is 29.3 Å². The van der Waals surface area contributed by atoms with Crippen LogP contribution in [0, 0.1) is 5.41 Å². The second-order valence-corrected chi connectivity index (χ2v) is 9.52. The molecule has 0 radical (unpaired) electrons. The average Bonchev–Trinajstić information content (AvgIpc) is 3.59. The highest BCUT2D eigenvalue weighted by Gasteiger charge is 2.62. The van der Waals surface area contributed by atoms with Crippen molar-refractivity contribution in [1.29, 1.82) is 0 Å². The van der Waals surface area contributed by atoms with Crippen LogP contribution in [0.5, 0.6) is 0 Å². The molecule has 2 heterocycles. The van der Waals surface area contributed by atoms with E-state index >= 15 is 0 Å². The van der Waals surface area contributed by atoms with E-state index in [-0.39, 0.29) is 25.3 Å². The molecule has 0 bridgehead atoms. The van der Waals surface area contributed by atoms with E-state index in [9.17, 15) is 14.4 Å². The minimum Gasteiger partial charge on any atom is -0.468 e. The number of nitrogens with zero attached hydrogens (tertiary/aromatic N) is 1. The maximum absolute atomic E-state index is 13.8. The van der Waals surface area contributed by atoms with Gasteiger partial charge in [0.25, 0.3) is 0 Å². The maximum atomic E-state index is 13.8. The molecule has 3 atom stereocenters. The Labute approximate surface area is 231 Å². The van der Waals surface area contributed by atoms with E-state index in [1.165, 1.54) is 17.8 Å². The van der Waals surface area contributed by atoms with Gasteiger partial charge in [0.2, 0.25) is 0 Å². The van der Waals surface area contributed by atoms with Crippen molar-refractivity contribution in [3.8, 4) is 0 Å². The standard InChI is InChI=1S/C32H29NO7/c1-3-25-19-32(29(34)37-2,30(35)38-20-22-12-6-4-7-13-22)28(40-25)27-18-24-16-10-11-17-26(24)33(27)31(36)39-21-23-14-8-5-9-15-23/h3-18,25,28H,1,19-21H2,2H3/t25-,28+,32?/m0/s1. The van der Waals surface area contributed by atoms with Gasteiger partial charge in [-0.3, -0.25) is 9.59 Å². The highest BCUT2D eigenvalue weighted by molar-refractivity contribution is 6.02. The smallest absolute Gasteiger partial charge is 0.419 e. The quantitative estimate of drug-likeness (QED) is 0.122. The Morgan fingerprint density at radius 2 is 1.50 bits per heavy atom. The van der Waals surface area contributed by atoms with Crippen LogP contribution >= 0.6 is 0 Å². The molecule has 0 N–H and O–H groups in total. The minimum absolute atomic E-state index is 0.0354. The summed E-state index contributed by atoms with van der Waals surface area (Å²) >= 11 is 0. The lowest BCUT2D eigenvalue weighted by molar-refractivity contribution is -0.176. The molecular weight excluding hydrogens is 510 g/mol. The highest BCUT2D eigenvalue weighted by atomic mass is 16.6. The van der Waals surface area contributed by atoms with E-state index in [2.05, 4.69) is 6.58 Å². The van der Waals surface area contributed by atoms with Crippen molar-refractivity contribution in [3.05, 3.63) is 120 Å². The van der Waals surface area contributed by atoms with Crippen molar-refractivity contribution >= 4 is 28.9 Å². The highest BCUT2D eigenvalue weighted by Crippen LogP contribution is 2.51. The molecule has 3 aromatic carbocycles. The molecule has 1 aliphatic heterocycles. The summed E-state index contributed by atoms with van der Waals surface area (Å²) in [6.07, 6.45) is -1.13. The number of ether oxygens (including phenoxy) is 4. The van der Waals surface area contributed by atoms with Gasteiger partial charge in [-0.15, -0.1) is 6.58 Å². The summed E-state index contributed by atoms with van der Waals surface area (Å²) in [5, 5.41) is 0.705. The fraction of sp³-hybridized carbons (Fsp3) is 0.219. The molecule has 1 saturated heterocycles. The number of hydrogen-bond acceptors (Lipinski definition) is 7. The normalized spacial score (nSPS) is 20.1. The van der Waals surface area contributed by atoms with Crippen LogP contribution in [0.3, 0.4) is 0 Å². The largest absolute Gasteiger partial charge is 0.468 e. The Balaban J connectivity index is 1.57. The zero-order valence-electron chi connectivity index (χ0n) is 22.0. The first kappa shape index (κ1) is 26.9. The van der Waals surface area contributed by atoms with Crippen molar-refractivity contribution in [3.63, 3.8) is 0 Å². The summed E-state index contributed by atoms with van der Waals surface area (Å²) in [6, 6.07) is 27.3. The number of rotatable bonds is 8. The number of fused-ring (bicyclic) bond motifs is 1. The van der Waals surface area contributed by atoms with Gasteiger partial charge in [-0.1, -0.05) is 84.9 Å². The molecule has 4 aromatic rings. The molecule has 0 aliphatic carbocycles. The topological polar surface area (TPSA) is 93.1 Å². The molecule has 40 heavy (non-hydrogen) atoms. The van der Waals surface area contributed by atoms with Gasteiger partial charge in [-0.05, 0) is 23.3 Å². The second kappa shape index (κ2) is 11.6. The molecule has 1 aliphatic rings. The predicted octanol–water partition coefficient (Wildman–Crippen LogP) is 5.75. The van der Waals surface area contributed by atoms with E-state index < -0.39 is 35.7 Å². The van der Waals surface area contributed by atoms with Crippen LogP contribution in [-0.2, 0) is 41.8 Å². The number of carbonyl (C=O) groups excluding carboxylic acids is 3. The molecule has 0 spiro atoms. The van der Waals surface area contributed by atoms with Crippen LogP contribution in [0.4, 0.5) is 4.79 Å². The molecule has 5 rings (SSSR count). The van der Waals surface area contributed by atoms with Crippen LogP contribution < -0.4 is 0 Å². The summed E-state index contributed by atoms with van der Waals surface area (Å²) in [5.41, 5.74) is 0.480. The van der Waals surface area contributed by atoms with Gasteiger partial charge in [0.1, 0.15) is 19.3 Å². The molecule has 8 nitrogen and oxygen atoms in total. The minimum atomic E-state index is -1.89. The van der Waals surface area contributed by atoms with E-state index in [0.717, 1.165) is 11.1 Å². The molecule has 1 aromatic heterocycles. The van der Waals surface area contributed by atoms with Crippen LogP contribution in [0.25, 0.3) is 10.9 Å². The molecular formula is C32H29NO7. The van der Waals surface area contributed by atoms with Crippen molar-refractivity contribution in [2.45, 2.75) is 31.8 Å². The number of aromatic nitrogens is 1. The molecule has 1 fully saturated rings. The lowest BCUT2D eigenvalue weighted by atomic mass is 9.78. The Morgan fingerprint density at radius 1 is 0.900 bits per heavy atom. The van der Waals surface area contributed by atoms with Gasteiger partial charge in [0, 0.05) is 11.8 Å². The first-order chi connectivity index (χ1) is 19.5. The number of methoxy groups -OCH3 is 1. The summed E-state index contributed by atoms with van der Waals surface area (Å²) < 4.78 is 24.1. The van der Waals surface area contributed by atoms with E-state index in [0.29, 0.717) is 10.9 Å². The number of para-hydroxylation sites is 1. The number of esters is 2. The lowest BCUT2D eigenvalue weighted by Crippen LogP contribution is -2.44. The van der Waals surface area contributed by atoms with Crippen molar-refractivity contribution in [1.82, 2.24) is 4.57 Å². The molecule has 0 saturated carbocycles. The zero-order valence-corrected chi connectivity index (χ0v) is 22.0. The van der Waals surface area contributed by atoms with Crippen LogP contribution in [0.2, 0.25) is 0 Å². The number of carbonyl (C=O) groups is 3. The van der Waals surface area contributed by atoms with Crippen molar-refractivity contribution in [2.75, 3.05) is 7.11 Å². The van der Waals surface area contributed by atoms with Gasteiger partial charge >= 0.3 is 18.0 Å². The van der Waals surface area contributed by atoms with Gasteiger partial charge in [0.05, 0.1) is 24.4 Å². The van der Waals surface area contributed by atoms with E-state index in [1.54, 1.807) is 18.2 Å². The fourth-order valence-electron chi connectivity index (χ4n) is 5.08. The number of hydrogen-bond donors (Lipinski definition) is 0. The van der Waals surface area contributed by atoms with Crippen LogP contribution in [0.15, 0.2) is 104 Å². The van der Waals surface area contributed by atoms with Crippen molar-refractivity contribution < 1.29 is 33.3 Å². The Morgan fingerprint density at radius 3 is 2.12 bits per heavy atom. The molecule has 8 heteroatoms. The predicted molar refractivity (Wildman–Crippen MR) is 147 cm³/mol. The monoisotopic (exact) mass is 539 g/mol. The second-order valence-electron chi connectivity index (χ2n) is 9.52. The Kier molecular flexibility index (Phi) is 7.79. The first-order valence-electron chi connectivity index (χ1n) is 12.9. The molecule has 204 valence electrons. The average molecular weight is 540 g/mol. The summed E-state index contributed by atoms with van der Waals surface area (Å²) in [4.78, 5) is 40.9. The fourth-order valence-corrected chi connectivity index (χ4v) is 5.08. The third kappa shape index (κ3) is 5.01. The summed E-state index contributed by atoms with van der Waals surface area (Å²) in [7, 11) is 1.20. The Hall–Kier alpha value is -4.69. The number of benzene rings is 3. The third-order valence-electron chi connectivity index (χ3n) is 7.07. The van der Waals surface area contributed by atoms with Gasteiger partial charge < -0.3 is 18.9 Å². The van der Waals surface area contributed by atoms with Crippen LogP contribution in [-0.4, -0.2) is 35.8 Å². The first-order valence-corrected chi connectivity index (χ1v) is 12.9. The molecule has 1 unspecified atom stereocenters. The van der Waals surface area contributed by atoms with Crippen molar-refractivity contribution in [2.24, 2.45) is 5.41 Å². The SMILES string of the molecule is C=C[C@H]1CC(C(=O)OC)(C(=O)OCc2ccccc2)[C@@H](c2cc3ccccc3n2C(=O)OCc2ccccc2)O1. The third-order valence-corrected chi connectivity index (χ3v) is 7.07. The Bertz CT molecular complexity index is 1530. The van der Waals surface area contributed by atoms with E-state index in [1.807, 2.05) is 72.8 Å².